The summed E-state index contributed by atoms with van der Waals surface area (Å²) in [5.41, 5.74) is 7.36. The van der Waals surface area contributed by atoms with E-state index in [0.29, 0.717) is 31.5 Å². The lowest BCUT2D eigenvalue weighted by molar-refractivity contribution is -0.138. The third kappa shape index (κ3) is 6.75. The monoisotopic (exact) mass is 376 g/mol. The highest BCUT2D eigenvalue weighted by Crippen LogP contribution is 2.30. The summed E-state index contributed by atoms with van der Waals surface area (Å²) in [6.45, 7) is 4.00. The zero-order chi connectivity index (χ0) is 17.9. The van der Waals surface area contributed by atoms with Gasteiger partial charge in [0.1, 0.15) is 11.8 Å². The fraction of sp³-hybridized carbons (Fsp3) is 0.588. The maximum Gasteiger partial charge on any atom is 0.320 e. The lowest BCUT2D eigenvalue weighted by Crippen LogP contribution is -2.32. The molecule has 0 fully saturated rings. The molecule has 136 valence electrons. The molecular weight excluding hydrogens is 351 g/mol. The van der Waals surface area contributed by atoms with Crippen LogP contribution in [0.4, 0.5) is 5.69 Å². The molecule has 1 rings (SSSR count). The average molecular weight is 377 g/mol. The van der Waals surface area contributed by atoms with Crippen molar-refractivity contribution in [3.63, 3.8) is 0 Å². The van der Waals surface area contributed by atoms with E-state index in [1.807, 2.05) is 18.2 Å². The minimum absolute atomic E-state index is 0.257. The van der Waals surface area contributed by atoms with Crippen LogP contribution in [0.15, 0.2) is 18.2 Å². The maximum atomic E-state index is 11.0. The van der Waals surface area contributed by atoms with Gasteiger partial charge in [-0.2, -0.15) is 0 Å². The van der Waals surface area contributed by atoms with Gasteiger partial charge in [-0.05, 0) is 30.5 Å². The molecule has 7 heteroatoms. The normalized spacial score (nSPS) is 12.0. The van der Waals surface area contributed by atoms with Gasteiger partial charge in [0.05, 0.1) is 12.3 Å². The number of rotatable bonds is 12. The zero-order valence-corrected chi connectivity index (χ0v) is 15.5. The van der Waals surface area contributed by atoms with E-state index in [0.717, 1.165) is 29.8 Å². The van der Waals surface area contributed by atoms with Crippen molar-refractivity contribution in [2.45, 2.75) is 32.2 Å². The van der Waals surface area contributed by atoms with Gasteiger partial charge in [-0.1, -0.05) is 19.4 Å². The first-order valence-electron chi connectivity index (χ1n) is 8.14. The van der Waals surface area contributed by atoms with Gasteiger partial charge in [-0.15, -0.1) is 23.2 Å². The number of unbranched alkanes of at least 4 members (excludes halogenated alkanes) is 1. The Balaban J connectivity index is 3.06. The van der Waals surface area contributed by atoms with Crippen LogP contribution in [0, 0.1) is 0 Å². The van der Waals surface area contributed by atoms with Crippen LogP contribution in [-0.4, -0.2) is 48.6 Å². The molecule has 0 aliphatic heterocycles. The topological polar surface area (TPSA) is 75.8 Å². The molecule has 3 N–H and O–H groups in total. The van der Waals surface area contributed by atoms with Crippen LogP contribution in [0.2, 0.25) is 0 Å². The van der Waals surface area contributed by atoms with E-state index in [4.69, 9.17) is 38.8 Å². The van der Waals surface area contributed by atoms with E-state index < -0.39 is 12.0 Å². The predicted molar refractivity (Wildman–Crippen MR) is 99.8 cm³/mol. The second-order valence-electron chi connectivity index (χ2n) is 5.52. The molecule has 0 radical (unpaired) electrons. The Hall–Kier alpha value is -1.17. The molecule has 0 heterocycles. The number of hydrogen-bond donors (Lipinski definition) is 2. The summed E-state index contributed by atoms with van der Waals surface area (Å²) in [6.07, 6.45) is 2.28. The second-order valence-corrected chi connectivity index (χ2v) is 6.27. The third-order valence-electron chi connectivity index (χ3n) is 3.60. The molecule has 0 aromatic heterocycles. The van der Waals surface area contributed by atoms with E-state index in [1.165, 1.54) is 0 Å². The fourth-order valence-corrected chi connectivity index (χ4v) is 2.69. The summed E-state index contributed by atoms with van der Waals surface area (Å²) in [4.78, 5) is 13.0. The molecule has 0 amide bonds. The molecule has 0 aliphatic carbocycles. The van der Waals surface area contributed by atoms with Crippen molar-refractivity contribution in [2.24, 2.45) is 5.73 Å². The number of nitrogens with zero attached hydrogens (tertiary/aromatic N) is 1. The van der Waals surface area contributed by atoms with Gasteiger partial charge in [-0.3, -0.25) is 4.79 Å². The molecule has 0 aliphatic rings. The molecule has 0 saturated carbocycles. The van der Waals surface area contributed by atoms with E-state index in [2.05, 4.69) is 11.8 Å². The number of hydrogen-bond acceptors (Lipinski definition) is 4. The van der Waals surface area contributed by atoms with Crippen LogP contribution in [0.1, 0.15) is 25.3 Å². The van der Waals surface area contributed by atoms with E-state index in [-0.39, 0.29) is 6.42 Å². The molecule has 0 bridgehead atoms. The standard InChI is InChI=1S/C17H26Cl2N2O3/c1-2-3-10-24-16-5-4-13(11-14(20)17(22)23)12-15(16)21(8-6-18)9-7-19/h4-5,12,14H,2-3,6-11,20H2,1H3,(H,22,23). The predicted octanol–water partition coefficient (Wildman–Crippen LogP) is 3.10. The Kier molecular flexibility index (Phi) is 9.91. The first-order valence-corrected chi connectivity index (χ1v) is 9.21. The molecular formula is C17H26Cl2N2O3. The molecule has 1 atom stereocenters. The Morgan fingerprint density at radius 2 is 2.00 bits per heavy atom. The highest BCUT2D eigenvalue weighted by atomic mass is 35.5. The molecule has 5 nitrogen and oxygen atoms in total. The van der Waals surface area contributed by atoms with E-state index >= 15 is 0 Å². The first-order chi connectivity index (χ1) is 11.5. The van der Waals surface area contributed by atoms with Crippen LogP contribution in [-0.2, 0) is 11.2 Å². The molecule has 1 aromatic carbocycles. The number of ether oxygens (including phenoxy) is 1. The van der Waals surface area contributed by atoms with E-state index in [1.54, 1.807) is 0 Å². The van der Waals surface area contributed by atoms with Gasteiger partial charge in [0.15, 0.2) is 0 Å². The van der Waals surface area contributed by atoms with Gasteiger partial charge in [-0.25, -0.2) is 0 Å². The number of carboxylic acid groups (broad SMARTS) is 1. The number of anilines is 1. The largest absolute Gasteiger partial charge is 0.491 e. The Morgan fingerprint density at radius 1 is 1.33 bits per heavy atom. The lowest BCUT2D eigenvalue weighted by Gasteiger charge is -2.26. The summed E-state index contributed by atoms with van der Waals surface area (Å²) < 4.78 is 5.88. The van der Waals surface area contributed by atoms with Gasteiger partial charge < -0.3 is 20.5 Å². The molecule has 1 unspecified atom stereocenters. The molecule has 0 saturated heterocycles. The maximum absolute atomic E-state index is 11.0. The number of nitrogens with two attached hydrogens (primary N) is 1. The number of carbonyl (C=O) groups is 1. The highest BCUT2D eigenvalue weighted by Gasteiger charge is 2.16. The van der Waals surface area contributed by atoms with Crippen molar-refractivity contribution >= 4 is 34.9 Å². The van der Waals surface area contributed by atoms with Crippen molar-refractivity contribution in [3.05, 3.63) is 23.8 Å². The second kappa shape index (κ2) is 11.4. The molecule has 0 spiro atoms. The molecule has 1 aromatic rings. The summed E-state index contributed by atoms with van der Waals surface area (Å²) in [6, 6.07) is 4.71. The van der Waals surface area contributed by atoms with Crippen LogP contribution >= 0.6 is 23.2 Å². The number of halogens is 2. The van der Waals surface area contributed by atoms with Crippen LogP contribution in [0.25, 0.3) is 0 Å². The van der Waals surface area contributed by atoms with Crippen molar-refractivity contribution in [3.8, 4) is 5.75 Å². The van der Waals surface area contributed by atoms with E-state index in [9.17, 15) is 4.79 Å². The van der Waals surface area contributed by atoms with Gasteiger partial charge in [0, 0.05) is 24.8 Å². The lowest BCUT2D eigenvalue weighted by atomic mass is 10.0. The summed E-state index contributed by atoms with van der Waals surface area (Å²) in [5.74, 6) is 0.665. The summed E-state index contributed by atoms with van der Waals surface area (Å²) in [7, 11) is 0. The SMILES string of the molecule is CCCCOc1ccc(CC(N)C(=O)O)cc1N(CCCl)CCCl. The Bertz CT molecular complexity index is 509. The Morgan fingerprint density at radius 3 is 2.54 bits per heavy atom. The van der Waals surface area contributed by atoms with Crippen LogP contribution < -0.4 is 15.4 Å². The van der Waals surface area contributed by atoms with Crippen LogP contribution in [0.5, 0.6) is 5.75 Å². The Labute approximate surface area is 153 Å². The molecule has 24 heavy (non-hydrogen) atoms. The fourth-order valence-electron chi connectivity index (χ4n) is 2.28. The smallest absolute Gasteiger partial charge is 0.320 e. The number of benzene rings is 1. The van der Waals surface area contributed by atoms with Gasteiger partial charge in [0.25, 0.3) is 0 Å². The highest BCUT2D eigenvalue weighted by molar-refractivity contribution is 6.18. The average Bonchev–Trinajstić information content (AvgIpc) is 2.56. The van der Waals surface area contributed by atoms with Crippen molar-refractivity contribution in [1.29, 1.82) is 0 Å². The number of aliphatic carboxylic acids is 1. The van der Waals surface area contributed by atoms with Gasteiger partial charge >= 0.3 is 5.97 Å². The number of alkyl halides is 2. The van der Waals surface area contributed by atoms with Crippen molar-refractivity contribution in [2.75, 3.05) is 36.4 Å². The zero-order valence-electron chi connectivity index (χ0n) is 14.0. The van der Waals surface area contributed by atoms with Crippen molar-refractivity contribution in [1.82, 2.24) is 0 Å². The van der Waals surface area contributed by atoms with Crippen LogP contribution in [0.3, 0.4) is 0 Å². The first kappa shape index (κ1) is 20.9. The quantitative estimate of drug-likeness (QED) is 0.432. The third-order valence-corrected chi connectivity index (χ3v) is 3.94. The number of carboxylic acids is 1. The van der Waals surface area contributed by atoms with Gasteiger partial charge in [0.2, 0.25) is 0 Å². The van der Waals surface area contributed by atoms with Crippen molar-refractivity contribution < 1.29 is 14.6 Å². The minimum atomic E-state index is -1.02. The minimum Gasteiger partial charge on any atom is -0.491 e. The summed E-state index contributed by atoms with van der Waals surface area (Å²) >= 11 is 11.8. The summed E-state index contributed by atoms with van der Waals surface area (Å²) in [5, 5.41) is 8.99.